The summed E-state index contributed by atoms with van der Waals surface area (Å²) in [5.74, 6) is 0.0169. The van der Waals surface area contributed by atoms with Gasteiger partial charge in [0.2, 0.25) is 5.91 Å². The number of amides is 1. The molecule has 4 rings (SSSR count). The minimum atomic E-state index is -3.41. The monoisotopic (exact) mass is 362 g/mol. The normalized spacial score (nSPS) is 20.6. The first-order valence-electron chi connectivity index (χ1n) is 7.94. The lowest BCUT2D eigenvalue weighted by molar-refractivity contribution is -0.118. The molecule has 126 valence electrons. The zero-order valence-corrected chi connectivity index (χ0v) is 14.7. The molecule has 1 saturated heterocycles. The number of piperidine rings is 1. The number of hydrogen-bond acceptors (Lipinski definition) is 4. The van der Waals surface area contributed by atoms with E-state index in [2.05, 4.69) is 11.4 Å². The molecular formula is C17H18N2O3S2. The fourth-order valence-electron chi connectivity index (χ4n) is 3.79. The Kier molecular flexibility index (Phi) is 3.74. The third kappa shape index (κ3) is 2.47. The Balaban J connectivity index is 1.62. The van der Waals surface area contributed by atoms with Crippen LogP contribution in [0.25, 0.3) is 0 Å². The highest BCUT2D eigenvalue weighted by molar-refractivity contribution is 7.91. The summed E-state index contributed by atoms with van der Waals surface area (Å²) in [5.41, 5.74) is 1.75. The van der Waals surface area contributed by atoms with Gasteiger partial charge in [-0.3, -0.25) is 4.79 Å². The molecule has 2 aliphatic rings. The van der Waals surface area contributed by atoms with Gasteiger partial charge in [-0.1, -0.05) is 24.3 Å². The maximum absolute atomic E-state index is 12.7. The number of benzene rings is 1. The van der Waals surface area contributed by atoms with Gasteiger partial charge >= 0.3 is 0 Å². The molecule has 1 spiro atoms. The number of nitrogens with one attached hydrogen (secondary N) is 1. The van der Waals surface area contributed by atoms with E-state index in [0.717, 1.165) is 11.3 Å². The van der Waals surface area contributed by atoms with Crippen LogP contribution in [0, 0.1) is 0 Å². The quantitative estimate of drug-likeness (QED) is 0.893. The molecule has 1 amide bonds. The van der Waals surface area contributed by atoms with E-state index < -0.39 is 10.0 Å². The van der Waals surface area contributed by atoms with Crippen molar-refractivity contribution in [2.24, 2.45) is 0 Å². The van der Waals surface area contributed by atoms with Gasteiger partial charge in [-0.25, -0.2) is 8.42 Å². The van der Waals surface area contributed by atoms with Gasteiger partial charge in [0.25, 0.3) is 10.0 Å². The van der Waals surface area contributed by atoms with Crippen molar-refractivity contribution in [1.82, 2.24) is 4.31 Å². The van der Waals surface area contributed by atoms with E-state index in [-0.39, 0.29) is 11.3 Å². The van der Waals surface area contributed by atoms with Gasteiger partial charge in [-0.2, -0.15) is 4.31 Å². The van der Waals surface area contributed by atoms with Gasteiger partial charge in [0, 0.05) is 30.6 Å². The van der Waals surface area contributed by atoms with Crippen molar-refractivity contribution in [2.75, 3.05) is 18.4 Å². The van der Waals surface area contributed by atoms with E-state index in [9.17, 15) is 13.2 Å². The van der Waals surface area contributed by atoms with Crippen LogP contribution < -0.4 is 5.32 Å². The first-order chi connectivity index (χ1) is 11.5. The summed E-state index contributed by atoms with van der Waals surface area (Å²) in [6.07, 6.45) is 1.76. The topological polar surface area (TPSA) is 66.5 Å². The molecule has 0 atom stereocenters. The van der Waals surface area contributed by atoms with E-state index in [1.54, 1.807) is 21.8 Å². The zero-order valence-electron chi connectivity index (χ0n) is 13.1. The second-order valence-corrected chi connectivity index (χ2v) is 9.50. The molecule has 5 nitrogen and oxygen atoms in total. The van der Waals surface area contributed by atoms with E-state index in [0.29, 0.717) is 36.6 Å². The van der Waals surface area contributed by atoms with E-state index in [1.807, 2.05) is 18.2 Å². The van der Waals surface area contributed by atoms with Crippen LogP contribution in [-0.2, 0) is 20.2 Å². The second-order valence-electron chi connectivity index (χ2n) is 6.39. The number of carbonyl (C=O) groups excluding carboxylic acids is 1. The maximum Gasteiger partial charge on any atom is 0.252 e. The van der Waals surface area contributed by atoms with Gasteiger partial charge in [0.1, 0.15) is 4.21 Å². The number of thiophene rings is 1. The highest BCUT2D eigenvalue weighted by atomic mass is 32.2. The van der Waals surface area contributed by atoms with Crippen LogP contribution in [0.1, 0.15) is 24.8 Å². The molecule has 2 aliphatic heterocycles. The van der Waals surface area contributed by atoms with E-state index >= 15 is 0 Å². The minimum Gasteiger partial charge on any atom is -0.326 e. The van der Waals surface area contributed by atoms with Gasteiger partial charge in [0.15, 0.2) is 0 Å². The summed E-state index contributed by atoms with van der Waals surface area (Å²) in [4.78, 5) is 12.1. The summed E-state index contributed by atoms with van der Waals surface area (Å²) in [7, 11) is -3.41. The molecule has 1 fully saturated rings. The predicted octanol–water partition coefficient (Wildman–Crippen LogP) is 2.81. The number of rotatable bonds is 2. The number of hydrogen-bond donors (Lipinski definition) is 1. The third-order valence-electron chi connectivity index (χ3n) is 5.04. The fourth-order valence-corrected chi connectivity index (χ4v) is 6.38. The molecule has 1 N–H and O–H groups in total. The molecule has 0 aliphatic carbocycles. The number of anilines is 1. The predicted molar refractivity (Wildman–Crippen MR) is 93.7 cm³/mol. The second kappa shape index (κ2) is 5.68. The Labute approximate surface area is 145 Å². The fraction of sp³-hybridized carbons (Fsp3) is 0.353. The van der Waals surface area contributed by atoms with Crippen molar-refractivity contribution < 1.29 is 13.2 Å². The number of fused-ring (bicyclic) bond motifs is 2. The Bertz CT molecular complexity index is 867. The summed E-state index contributed by atoms with van der Waals surface area (Å²) in [6.45, 7) is 0.893. The van der Waals surface area contributed by atoms with Crippen molar-refractivity contribution in [3.05, 3.63) is 47.3 Å². The molecule has 0 radical (unpaired) electrons. The lowest BCUT2D eigenvalue weighted by atomic mass is 9.68. The average molecular weight is 362 g/mol. The van der Waals surface area contributed by atoms with Crippen LogP contribution >= 0.6 is 11.3 Å². The summed E-state index contributed by atoms with van der Waals surface area (Å²) < 4.78 is 27.3. The van der Waals surface area contributed by atoms with Crippen LogP contribution in [0.2, 0.25) is 0 Å². The zero-order chi connectivity index (χ0) is 16.8. The summed E-state index contributed by atoms with van der Waals surface area (Å²) in [6, 6.07) is 11.3. The Morgan fingerprint density at radius 2 is 1.83 bits per heavy atom. The highest BCUT2D eigenvalue weighted by Gasteiger charge is 2.44. The lowest BCUT2D eigenvalue weighted by Crippen LogP contribution is -2.48. The number of para-hydroxylation sites is 1. The van der Waals surface area contributed by atoms with Gasteiger partial charge in [-0.05, 0) is 35.9 Å². The molecule has 0 saturated carbocycles. The standard InChI is InChI=1S/C17H18N2O3S2/c20-15-12-17(13-4-1-2-5-14(13)18-15)7-9-19(10-8-17)24(21,22)16-6-3-11-23-16/h1-6,11H,7-10,12H2,(H,18,20). The van der Waals surface area contributed by atoms with E-state index in [1.165, 1.54) is 11.3 Å². The van der Waals surface area contributed by atoms with Crippen molar-refractivity contribution in [3.63, 3.8) is 0 Å². The molecule has 2 aromatic rings. The molecule has 1 aromatic heterocycles. The third-order valence-corrected chi connectivity index (χ3v) is 8.31. The summed E-state index contributed by atoms with van der Waals surface area (Å²) >= 11 is 1.25. The Morgan fingerprint density at radius 3 is 2.54 bits per heavy atom. The average Bonchev–Trinajstić information content (AvgIpc) is 3.10. The van der Waals surface area contributed by atoms with Crippen LogP contribution in [0.5, 0.6) is 0 Å². The number of carbonyl (C=O) groups is 1. The van der Waals surface area contributed by atoms with E-state index in [4.69, 9.17) is 0 Å². The summed E-state index contributed by atoms with van der Waals surface area (Å²) in [5, 5.41) is 4.70. The Morgan fingerprint density at radius 1 is 1.08 bits per heavy atom. The SMILES string of the molecule is O=C1CC2(CCN(S(=O)(=O)c3cccs3)CC2)c2ccccc2N1. The number of nitrogens with zero attached hydrogens (tertiary/aromatic N) is 1. The van der Waals surface area contributed by atoms with Crippen LogP contribution in [0.3, 0.4) is 0 Å². The number of sulfonamides is 1. The molecule has 24 heavy (non-hydrogen) atoms. The molecular weight excluding hydrogens is 344 g/mol. The van der Waals surface area contributed by atoms with Gasteiger partial charge in [-0.15, -0.1) is 11.3 Å². The molecule has 0 unspecified atom stereocenters. The van der Waals surface area contributed by atoms with Crippen LogP contribution in [0.15, 0.2) is 46.0 Å². The molecule has 1 aromatic carbocycles. The van der Waals surface area contributed by atoms with Crippen molar-refractivity contribution in [1.29, 1.82) is 0 Å². The lowest BCUT2D eigenvalue weighted by Gasteiger charge is -2.44. The largest absolute Gasteiger partial charge is 0.326 e. The molecule has 0 bridgehead atoms. The minimum absolute atomic E-state index is 0.0169. The van der Waals surface area contributed by atoms with Crippen molar-refractivity contribution in [3.8, 4) is 0 Å². The first kappa shape index (κ1) is 15.8. The smallest absolute Gasteiger partial charge is 0.252 e. The van der Waals surface area contributed by atoms with Gasteiger partial charge in [0.05, 0.1) is 0 Å². The highest BCUT2D eigenvalue weighted by Crippen LogP contribution is 2.45. The molecule has 3 heterocycles. The maximum atomic E-state index is 12.7. The Hall–Kier alpha value is -1.70. The van der Waals surface area contributed by atoms with Crippen molar-refractivity contribution >= 4 is 33.0 Å². The van der Waals surface area contributed by atoms with Crippen LogP contribution in [0.4, 0.5) is 5.69 Å². The van der Waals surface area contributed by atoms with Crippen LogP contribution in [-0.4, -0.2) is 31.7 Å². The first-order valence-corrected chi connectivity index (χ1v) is 10.3. The molecule has 7 heteroatoms. The van der Waals surface area contributed by atoms with Crippen molar-refractivity contribution in [2.45, 2.75) is 28.9 Å². The van der Waals surface area contributed by atoms with Gasteiger partial charge < -0.3 is 5.32 Å².